The van der Waals surface area contributed by atoms with Gasteiger partial charge in [-0.2, -0.15) is 0 Å². The number of carbonyl (C=O) groups is 2. The highest BCUT2D eigenvalue weighted by Crippen LogP contribution is 2.25. The van der Waals surface area contributed by atoms with Gasteiger partial charge in [-0.15, -0.1) is 0 Å². The van der Waals surface area contributed by atoms with E-state index in [1.165, 1.54) is 19.2 Å². The molecule has 0 aromatic heterocycles. The Morgan fingerprint density at radius 3 is 2.45 bits per heavy atom. The zero-order chi connectivity index (χ0) is 16.1. The first kappa shape index (κ1) is 15.4. The van der Waals surface area contributed by atoms with Crippen LogP contribution in [0.3, 0.4) is 0 Å². The molecule has 2 aromatic rings. The minimum atomic E-state index is -0.839. The zero-order valence-electron chi connectivity index (χ0n) is 12.2. The van der Waals surface area contributed by atoms with Gasteiger partial charge in [0.15, 0.2) is 0 Å². The molecule has 3 N–H and O–H groups in total. The Morgan fingerprint density at radius 1 is 1.05 bits per heavy atom. The van der Waals surface area contributed by atoms with Gasteiger partial charge in [-0.25, -0.2) is 0 Å². The Balaban J connectivity index is 2.09. The summed E-state index contributed by atoms with van der Waals surface area (Å²) in [7, 11) is 1.48. The molecule has 6 heteroatoms. The smallest absolute Gasteiger partial charge is 0.314 e. The molecule has 0 saturated heterocycles. The normalized spacial score (nSPS) is 9.91. The number of phenolic OH excluding ortho intramolecular Hbond substituents is 1. The summed E-state index contributed by atoms with van der Waals surface area (Å²) in [4.78, 5) is 23.8. The van der Waals surface area contributed by atoms with Crippen molar-refractivity contribution in [3.8, 4) is 11.5 Å². The summed E-state index contributed by atoms with van der Waals surface area (Å²) in [5, 5.41) is 14.2. The first-order valence-corrected chi connectivity index (χ1v) is 6.55. The van der Waals surface area contributed by atoms with Gasteiger partial charge in [-0.05, 0) is 36.8 Å². The molecule has 0 saturated carbocycles. The lowest BCUT2D eigenvalue weighted by Crippen LogP contribution is -2.29. The topological polar surface area (TPSA) is 87.7 Å². The fourth-order valence-electron chi connectivity index (χ4n) is 1.87. The number of ether oxygens (including phenoxy) is 1. The van der Waals surface area contributed by atoms with Crippen LogP contribution < -0.4 is 15.4 Å². The summed E-state index contributed by atoms with van der Waals surface area (Å²) in [5.74, 6) is -1.20. The van der Waals surface area contributed by atoms with Crippen molar-refractivity contribution in [2.24, 2.45) is 0 Å². The average Bonchev–Trinajstić information content (AvgIpc) is 2.47. The van der Waals surface area contributed by atoms with Crippen molar-refractivity contribution < 1.29 is 19.4 Å². The molecule has 0 heterocycles. The molecule has 0 bridgehead atoms. The Bertz CT molecular complexity index is 713. The van der Waals surface area contributed by atoms with Gasteiger partial charge >= 0.3 is 11.8 Å². The largest absolute Gasteiger partial charge is 0.508 e. The number of aryl methyl sites for hydroxylation is 1. The van der Waals surface area contributed by atoms with Crippen LogP contribution in [0.4, 0.5) is 11.4 Å². The summed E-state index contributed by atoms with van der Waals surface area (Å²) in [6.45, 7) is 1.86. The number of hydrogen-bond acceptors (Lipinski definition) is 4. The number of amides is 2. The van der Waals surface area contributed by atoms with Crippen LogP contribution in [0.5, 0.6) is 11.5 Å². The summed E-state index contributed by atoms with van der Waals surface area (Å²) in [6, 6.07) is 11.2. The second-order valence-electron chi connectivity index (χ2n) is 4.66. The molecule has 0 aliphatic rings. The van der Waals surface area contributed by atoms with E-state index in [0.717, 1.165) is 5.56 Å². The maximum absolute atomic E-state index is 11.9. The molecule has 0 radical (unpaired) electrons. The van der Waals surface area contributed by atoms with Gasteiger partial charge in [0.25, 0.3) is 0 Å². The van der Waals surface area contributed by atoms with Crippen LogP contribution in [0.15, 0.2) is 42.5 Å². The fraction of sp³-hybridized carbons (Fsp3) is 0.125. The van der Waals surface area contributed by atoms with E-state index in [1.54, 1.807) is 24.3 Å². The van der Waals surface area contributed by atoms with Crippen molar-refractivity contribution in [3.63, 3.8) is 0 Å². The zero-order valence-corrected chi connectivity index (χ0v) is 12.2. The number of methoxy groups -OCH3 is 1. The molecule has 114 valence electrons. The van der Waals surface area contributed by atoms with Crippen molar-refractivity contribution in [1.29, 1.82) is 0 Å². The molecule has 6 nitrogen and oxygen atoms in total. The van der Waals surface area contributed by atoms with Gasteiger partial charge in [0.2, 0.25) is 0 Å². The molecule has 0 spiro atoms. The van der Waals surface area contributed by atoms with Crippen molar-refractivity contribution in [1.82, 2.24) is 0 Å². The van der Waals surface area contributed by atoms with Crippen LogP contribution in [0.2, 0.25) is 0 Å². The third-order valence-corrected chi connectivity index (χ3v) is 2.91. The molecule has 0 aliphatic carbocycles. The molecule has 0 atom stereocenters. The average molecular weight is 300 g/mol. The number of nitrogens with one attached hydrogen (secondary N) is 2. The van der Waals surface area contributed by atoms with E-state index >= 15 is 0 Å². The highest BCUT2D eigenvalue weighted by molar-refractivity contribution is 6.43. The maximum Gasteiger partial charge on any atom is 0.314 e. The van der Waals surface area contributed by atoms with E-state index in [0.29, 0.717) is 17.1 Å². The van der Waals surface area contributed by atoms with Crippen molar-refractivity contribution in [2.75, 3.05) is 17.7 Å². The van der Waals surface area contributed by atoms with Crippen LogP contribution in [0, 0.1) is 6.92 Å². The molecule has 2 amide bonds. The van der Waals surface area contributed by atoms with Gasteiger partial charge in [-0.3, -0.25) is 9.59 Å². The Hall–Kier alpha value is -3.02. The van der Waals surface area contributed by atoms with Crippen molar-refractivity contribution in [3.05, 3.63) is 48.0 Å². The van der Waals surface area contributed by atoms with Crippen LogP contribution in [0.1, 0.15) is 5.56 Å². The number of anilines is 2. The standard InChI is InChI=1S/C16H16N2O4/c1-10-6-7-14(22-2)13(8-10)18-16(21)15(20)17-11-4-3-5-12(19)9-11/h3-9,19H,1-2H3,(H,17,20)(H,18,21). The van der Waals surface area contributed by atoms with E-state index < -0.39 is 11.8 Å². The van der Waals surface area contributed by atoms with Crippen LogP contribution >= 0.6 is 0 Å². The number of aromatic hydroxyl groups is 1. The lowest BCUT2D eigenvalue weighted by Gasteiger charge is -2.11. The molecular weight excluding hydrogens is 284 g/mol. The Morgan fingerprint density at radius 2 is 1.77 bits per heavy atom. The van der Waals surface area contributed by atoms with E-state index in [-0.39, 0.29) is 5.75 Å². The van der Waals surface area contributed by atoms with E-state index in [2.05, 4.69) is 10.6 Å². The summed E-state index contributed by atoms with van der Waals surface area (Å²) >= 11 is 0. The van der Waals surface area contributed by atoms with Crippen molar-refractivity contribution >= 4 is 23.2 Å². The van der Waals surface area contributed by atoms with E-state index in [1.807, 2.05) is 13.0 Å². The van der Waals surface area contributed by atoms with Crippen LogP contribution in [0.25, 0.3) is 0 Å². The monoisotopic (exact) mass is 300 g/mol. The van der Waals surface area contributed by atoms with Gasteiger partial charge in [-0.1, -0.05) is 12.1 Å². The SMILES string of the molecule is COc1ccc(C)cc1NC(=O)C(=O)Nc1cccc(O)c1. The first-order chi connectivity index (χ1) is 10.5. The molecular formula is C16H16N2O4. The first-order valence-electron chi connectivity index (χ1n) is 6.55. The van der Waals surface area contributed by atoms with Gasteiger partial charge in [0, 0.05) is 11.8 Å². The van der Waals surface area contributed by atoms with Gasteiger partial charge in [0.05, 0.1) is 12.8 Å². The predicted octanol–water partition coefficient (Wildman–Crippen LogP) is 2.29. The molecule has 22 heavy (non-hydrogen) atoms. The Kier molecular flexibility index (Phi) is 4.63. The number of benzene rings is 2. The summed E-state index contributed by atoms with van der Waals surface area (Å²) in [5.41, 5.74) is 1.67. The number of carbonyl (C=O) groups excluding carboxylic acids is 2. The highest BCUT2D eigenvalue weighted by Gasteiger charge is 2.16. The molecule has 0 fully saturated rings. The number of hydrogen-bond donors (Lipinski definition) is 3. The number of phenols is 1. The summed E-state index contributed by atoms with van der Waals surface area (Å²) < 4.78 is 5.14. The third kappa shape index (κ3) is 3.76. The van der Waals surface area contributed by atoms with Crippen molar-refractivity contribution in [2.45, 2.75) is 6.92 Å². The molecule has 0 aliphatic heterocycles. The lowest BCUT2D eigenvalue weighted by atomic mass is 10.2. The quantitative estimate of drug-likeness (QED) is 0.759. The van der Waals surface area contributed by atoms with E-state index in [4.69, 9.17) is 4.74 Å². The Labute approximate surface area is 127 Å². The number of rotatable bonds is 3. The molecule has 2 aromatic carbocycles. The maximum atomic E-state index is 11.9. The van der Waals surface area contributed by atoms with E-state index in [9.17, 15) is 14.7 Å². The van der Waals surface area contributed by atoms with Gasteiger partial charge < -0.3 is 20.5 Å². The fourth-order valence-corrected chi connectivity index (χ4v) is 1.87. The third-order valence-electron chi connectivity index (χ3n) is 2.91. The lowest BCUT2D eigenvalue weighted by molar-refractivity contribution is -0.133. The highest BCUT2D eigenvalue weighted by atomic mass is 16.5. The van der Waals surface area contributed by atoms with Crippen LogP contribution in [-0.2, 0) is 9.59 Å². The summed E-state index contributed by atoms with van der Waals surface area (Å²) in [6.07, 6.45) is 0. The van der Waals surface area contributed by atoms with Crippen LogP contribution in [-0.4, -0.2) is 24.0 Å². The second-order valence-corrected chi connectivity index (χ2v) is 4.66. The minimum Gasteiger partial charge on any atom is -0.508 e. The van der Waals surface area contributed by atoms with Gasteiger partial charge in [0.1, 0.15) is 11.5 Å². The molecule has 0 unspecified atom stereocenters. The predicted molar refractivity (Wildman–Crippen MR) is 83.1 cm³/mol. The second kappa shape index (κ2) is 6.62. The minimum absolute atomic E-state index is 0.00133. The molecule has 2 rings (SSSR count).